The summed E-state index contributed by atoms with van der Waals surface area (Å²) in [5.74, 6) is 1.93. The fraction of sp³-hybridized carbons (Fsp3) is 0.636. The zero-order chi connectivity index (χ0) is 9.05. The van der Waals surface area contributed by atoms with Crippen molar-refractivity contribution >= 4 is 11.3 Å². The van der Waals surface area contributed by atoms with Crippen molar-refractivity contribution in [2.75, 3.05) is 0 Å². The van der Waals surface area contributed by atoms with Gasteiger partial charge in [-0.25, -0.2) is 0 Å². The topological polar surface area (TPSA) is 26.0 Å². The Morgan fingerprint density at radius 1 is 1.38 bits per heavy atom. The van der Waals surface area contributed by atoms with Gasteiger partial charge in [-0.2, -0.15) is 0 Å². The van der Waals surface area contributed by atoms with Crippen molar-refractivity contribution in [2.24, 2.45) is 17.6 Å². The van der Waals surface area contributed by atoms with Gasteiger partial charge in [0.1, 0.15) is 0 Å². The first-order chi connectivity index (χ1) is 6.17. The van der Waals surface area contributed by atoms with Gasteiger partial charge in [0.25, 0.3) is 0 Å². The van der Waals surface area contributed by atoms with Gasteiger partial charge in [0.2, 0.25) is 0 Å². The van der Waals surface area contributed by atoms with Crippen LogP contribution in [0, 0.1) is 18.8 Å². The van der Waals surface area contributed by atoms with Crippen LogP contribution >= 0.6 is 11.3 Å². The number of thiophene rings is 1. The second kappa shape index (κ2) is 2.37. The molecule has 0 aliphatic heterocycles. The molecule has 0 spiro atoms. The SMILES string of the molecule is Cc1ccc(C2(N)CC3CC3C2)s1. The molecule has 1 aromatic heterocycles. The van der Waals surface area contributed by atoms with Gasteiger partial charge < -0.3 is 5.73 Å². The standard InChI is InChI=1S/C11H15NS/c1-7-2-3-10(13-7)11(12)5-8-4-9(8)6-11/h2-3,8-9H,4-6,12H2,1H3. The first-order valence-electron chi connectivity index (χ1n) is 5.03. The van der Waals surface area contributed by atoms with E-state index in [-0.39, 0.29) is 5.54 Å². The largest absolute Gasteiger partial charge is 0.321 e. The maximum absolute atomic E-state index is 6.42. The molecule has 2 fully saturated rings. The Balaban J connectivity index is 1.91. The molecule has 0 saturated heterocycles. The predicted molar refractivity (Wildman–Crippen MR) is 55.8 cm³/mol. The molecule has 0 amide bonds. The van der Waals surface area contributed by atoms with Crippen LogP contribution in [-0.2, 0) is 5.54 Å². The van der Waals surface area contributed by atoms with Gasteiger partial charge in [-0.3, -0.25) is 0 Å². The summed E-state index contributed by atoms with van der Waals surface area (Å²) < 4.78 is 0. The Bertz CT molecular complexity index is 332. The molecular formula is C11H15NS. The van der Waals surface area contributed by atoms with E-state index in [0.29, 0.717) is 0 Å². The second-order valence-electron chi connectivity index (χ2n) is 4.73. The molecule has 2 unspecified atom stereocenters. The highest BCUT2D eigenvalue weighted by molar-refractivity contribution is 7.12. The maximum Gasteiger partial charge on any atom is 0.0509 e. The third-order valence-electron chi connectivity index (χ3n) is 3.55. The summed E-state index contributed by atoms with van der Waals surface area (Å²) in [5.41, 5.74) is 6.47. The van der Waals surface area contributed by atoms with E-state index in [9.17, 15) is 0 Å². The van der Waals surface area contributed by atoms with Crippen molar-refractivity contribution in [1.29, 1.82) is 0 Å². The second-order valence-corrected chi connectivity index (χ2v) is 6.02. The number of rotatable bonds is 1. The Morgan fingerprint density at radius 2 is 2.08 bits per heavy atom. The Kier molecular flexibility index (Phi) is 1.46. The zero-order valence-corrected chi connectivity index (χ0v) is 8.73. The smallest absolute Gasteiger partial charge is 0.0509 e. The number of aryl methyl sites for hydroxylation is 1. The molecule has 0 aromatic carbocycles. The van der Waals surface area contributed by atoms with Crippen molar-refractivity contribution in [3.05, 3.63) is 21.9 Å². The summed E-state index contributed by atoms with van der Waals surface area (Å²) in [6.45, 7) is 2.16. The summed E-state index contributed by atoms with van der Waals surface area (Å²) in [4.78, 5) is 2.80. The molecule has 2 atom stereocenters. The van der Waals surface area contributed by atoms with Crippen LogP contribution in [0.3, 0.4) is 0 Å². The summed E-state index contributed by atoms with van der Waals surface area (Å²) in [6, 6.07) is 4.42. The zero-order valence-electron chi connectivity index (χ0n) is 7.92. The fourth-order valence-electron chi connectivity index (χ4n) is 2.73. The molecule has 3 rings (SSSR count). The van der Waals surface area contributed by atoms with E-state index in [1.165, 1.54) is 29.0 Å². The molecule has 0 radical (unpaired) electrons. The highest BCUT2D eigenvalue weighted by Crippen LogP contribution is 2.59. The molecule has 2 heteroatoms. The third-order valence-corrected chi connectivity index (χ3v) is 4.77. The summed E-state index contributed by atoms with van der Waals surface area (Å²) in [5, 5.41) is 0. The first-order valence-corrected chi connectivity index (χ1v) is 5.85. The number of nitrogens with two attached hydrogens (primary N) is 1. The Labute approximate surface area is 83.0 Å². The van der Waals surface area contributed by atoms with Crippen molar-refractivity contribution in [1.82, 2.24) is 0 Å². The van der Waals surface area contributed by atoms with E-state index in [4.69, 9.17) is 5.73 Å². The van der Waals surface area contributed by atoms with E-state index < -0.39 is 0 Å². The predicted octanol–water partition coefficient (Wildman–Crippen LogP) is 2.64. The van der Waals surface area contributed by atoms with Gasteiger partial charge in [-0.15, -0.1) is 11.3 Å². The summed E-state index contributed by atoms with van der Waals surface area (Å²) >= 11 is 1.88. The van der Waals surface area contributed by atoms with Crippen LogP contribution in [0.25, 0.3) is 0 Å². The van der Waals surface area contributed by atoms with Gasteiger partial charge in [-0.1, -0.05) is 0 Å². The van der Waals surface area contributed by atoms with Crippen LogP contribution in [-0.4, -0.2) is 0 Å². The summed E-state index contributed by atoms with van der Waals surface area (Å²) in [6.07, 6.45) is 3.92. The first kappa shape index (κ1) is 8.01. The molecular weight excluding hydrogens is 178 g/mol. The van der Waals surface area contributed by atoms with E-state index in [1.54, 1.807) is 0 Å². The fourth-order valence-corrected chi connectivity index (χ4v) is 3.72. The number of hydrogen-bond acceptors (Lipinski definition) is 2. The van der Waals surface area contributed by atoms with Crippen LogP contribution in [0.2, 0.25) is 0 Å². The van der Waals surface area contributed by atoms with Crippen LogP contribution in [0.15, 0.2) is 12.1 Å². The average Bonchev–Trinajstić information content (AvgIpc) is 2.54. The lowest BCUT2D eigenvalue weighted by atomic mass is 9.93. The highest BCUT2D eigenvalue weighted by Gasteiger charge is 2.53. The van der Waals surface area contributed by atoms with Gasteiger partial charge in [0, 0.05) is 9.75 Å². The monoisotopic (exact) mass is 193 g/mol. The van der Waals surface area contributed by atoms with Crippen LogP contribution < -0.4 is 5.73 Å². The number of fused-ring (bicyclic) bond motifs is 1. The Hall–Kier alpha value is -0.340. The van der Waals surface area contributed by atoms with E-state index in [1.807, 2.05) is 11.3 Å². The molecule has 13 heavy (non-hydrogen) atoms. The normalized spacial score (nSPS) is 42.0. The van der Waals surface area contributed by atoms with Crippen molar-refractivity contribution in [3.8, 4) is 0 Å². The third kappa shape index (κ3) is 1.16. The van der Waals surface area contributed by atoms with Gasteiger partial charge in [0.05, 0.1) is 5.54 Å². The van der Waals surface area contributed by atoms with E-state index >= 15 is 0 Å². The van der Waals surface area contributed by atoms with Gasteiger partial charge in [-0.05, 0) is 50.2 Å². The molecule has 1 heterocycles. The van der Waals surface area contributed by atoms with Gasteiger partial charge in [0.15, 0.2) is 0 Å². The molecule has 2 aliphatic rings. The van der Waals surface area contributed by atoms with Crippen molar-refractivity contribution in [3.63, 3.8) is 0 Å². The molecule has 2 N–H and O–H groups in total. The minimum Gasteiger partial charge on any atom is -0.321 e. The molecule has 1 nitrogen and oxygen atoms in total. The quantitative estimate of drug-likeness (QED) is 0.729. The minimum atomic E-state index is 0.0481. The minimum absolute atomic E-state index is 0.0481. The van der Waals surface area contributed by atoms with Crippen LogP contribution in [0.1, 0.15) is 29.0 Å². The molecule has 2 aliphatic carbocycles. The molecule has 70 valence electrons. The van der Waals surface area contributed by atoms with E-state index in [2.05, 4.69) is 19.1 Å². The molecule has 1 aromatic rings. The maximum atomic E-state index is 6.42. The average molecular weight is 193 g/mol. The lowest BCUT2D eigenvalue weighted by Crippen LogP contribution is -2.33. The Morgan fingerprint density at radius 3 is 2.62 bits per heavy atom. The van der Waals surface area contributed by atoms with Crippen LogP contribution in [0.5, 0.6) is 0 Å². The highest BCUT2D eigenvalue weighted by atomic mass is 32.1. The van der Waals surface area contributed by atoms with Gasteiger partial charge >= 0.3 is 0 Å². The molecule has 0 bridgehead atoms. The number of hydrogen-bond donors (Lipinski definition) is 1. The van der Waals surface area contributed by atoms with E-state index in [0.717, 1.165) is 11.8 Å². The summed E-state index contributed by atoms with van der Waals surface area (Å²) in [7, 11) is 0. The lowest BCUT2D eigenvalue weighted by Gasteiger charge is -2.24. The van der Waals surface area contributed by atoms with Crippen molar-refractivity contribution in [2.45, 2.75) is 31.7 Å². The van der Waals surface area contributed by atoms with Crippen LogP contribution in [0.4, 0.5) is 0 Å². The molecule has 2 saturated carbocycles. The lowest BCUT2D eigenvalue weighted by molar-refractivity contribution is 0.419. The van der Waals surface area contributed by atoms with Crippen molar-refractivity contribution < 1.29 is 0 Å².